The maximum atomic E-state index is 5.46. The molecular weight excluding hydrogens is 332 g/mol. The van der Waals surface area contributed by atoms with Crippen molar-refractivity contribution in [3.05, 3.63) is 30.4 Å². The summed E-state index contributed by atoms with van der Waals surface area (Å²) < 4.78 is 10.7. The van der Waals surface area contributed by atoms with Crippen LogP contribution in [0.5, 0.6) is 5.88 Å². The summed E-state index contributed by atoms with van der Waals surface area (Å²) in [6.07, 6.45) is 5.50. The summed E-state index contributed by atoms with van der Waals surface area (Å²) in [6.45, 7) is 5.11. The Morgan fingerprint density at radius 2 is 1.81 bits per heavy atom. The van der Waals surface area contributed by atoms with Crippen LogP contribution in [0.4, 0.5) is 11.8 Å². The molecule has 0 saturated carbocycles. The molecule has 138 valence electrons. The maximum Gasteiger partial charge on any atom is 0.228 e. The quantitative estimate of drug-likeness (QED) is 0.816. The van der Waals surface area contributed by atoms with E-state index in [0.717, 1.165) is 69.7 Å². The Hall–Kier alpha value is -2.48. The molecule has 2 aliphatic heterocycles. The van der Waals surface area contributed by atoms with Gasteiger partial charge in [0.25, 0.3) is 0 Å². The molecule has 0 bridgehead atoms. The van der Waals surface area contributed by atoms with Crippen LogP contribution in [0.25, 0.3) is 0 Å². The summed E-state index contributed by atoms with van der Waals surface area (Å²) in [4.78, 5) is 22.3. The van der Waals surface area contributed by atoms with Crippen molar-refractivity contribution in [1.82, 2.24) is 19.9 Å². The lowest BCUT2D eigenvalue weighted by molar-refractivity contribution is 0.0845. The Bertz CT molecular complexity index is 729. The monoisotopic (exact) mass is 356 g/mol. The van der Waals surface area contributed by atoms with E-state index < -0.39 is 0 Å². The second kappa shape index (κ2) is 7.82. The summed E-state index contributed by atoms with van der Waals surface area (Å²) in [6, 6.07) is 3.91. The first-order chi connectivity index (χ1) is 12.8. The van der Waals surface area contributed by atoms with Gasteiger partial charge in [-0.15, -0.1) is 0 Å². The van der Waals surface area contributed by atoms with E-state index in [4.69, 9.17) is 9.47 Å². The first kappa shape index (κ1) is 17.0. The van der Waals surface area contributed by atoms with Gasteiger partial charge in [0.1, 0.15) is 12.1 Å². The standard InChI is InChI=1S/C18H24N6O2/c1-25-17-2-5-19-18(22-17)24-8-6-23(7-9-24)16-12-15(20-13-21-16)14-3-10-26-11-4-14/h2,5,12-14H,3-4,6-11H2,1H3. The van der Waals surface area contributed by atoms with Crippen LogP contribution >= 0.6 is 0 Å². The molecule has 8 nitrogen and oxygen atoms in total. The summed E-state index contributed by atoms with van der Waals surface area (Å²) in [5, 5.41) is 0. The van der Waals surface area contributed by atoms with Crippen molar-refractivity contribution in [1.29, 1.82) is 0 Å². The number of aromatic nitrogens is 4. The topological polar surface area (TPSA) is 76.5 Å². The molecule has 2 aliphatic rings. The van der Waals surface area contributed by atoms with E-state index in [2.05, 4.69) is 35.8 Å². The highest BCUT2D eigenvalue weighted by molar-refractivity contribution is 5.43. The minimum atomic E-state index is 0.483. The highest BCUT2D eigenvalue weighted by atomic mass is 16.5. The summed E-state index contributed by atoms with van der Waals surface area (Å²) >= 11 is 0. The maximum absolute atomic E-state index is 5.46. The largest absolute Gasteiger partial charge is 0.481 e. The summed E-state index contributed by atoms with van der Waals surface area (Å²) in [7, 11) is 1.62. The average molecular weight is 356 g/mol. The fourth-order valence-corrected chi connectivity index (χ4v) is 3.49. The fraction of sp³-hybridized carbons (Fsp3) is 0.556. The zero-order valence-corrected chi connectivity index (χ0v) is 15.0. The molecule has 0 amide bonds. The van der Waals surface area contributed by atoms with Crippen molar-refractivity contribution in [2.24, 2.45) is 0 Å². The Morgan fingerprint density at radius 3 is 2.58 bits per heavy atom. The Labute approximate surface area is 153 Å². The molecule has 0 atom stereocenters. The lowest BCUT2D eigenvalue weighted by Gasteiger charge is -2.35. The Morgan fingerprint density at radius 1 is 1.04 bits per heavy atom. The van der Waals surface area contributed by atoms with Gasteiger partial charge < -0.3 is 19.3 Å². The number of anilines is 2. The van der Waals surface area contributed by atoms with E-state index in [0.29, 0.717) is 11.8 Å². The molecule has 0 aromatic carbocycles. The molecule has 4 heterocycles. The lowest BCUT2D eigenvalue weighted by atomic mass is 9.96. The third-order valence-corrected chi connectivity index (χ3v) is 5.03. The molecule has 2 fully saturated rings. The number of methoxy groups -OCH3 is 1. The second-order valence-electron chi connectivity index (χ2n) is 6.56. The van der Waals surface area contributed by atoms with Crippen molar-refractivity contribution >= 4 is 11.8 Å². The van der Waals surface area contributed by atoms with Gasteiger partial charge in [-0.25, -0.2) is 15.0 Å². The van der Waals surface area contributed by atoms with E-state index in [9.17, 15) is 0 Å². The predicted molar refractivity (Wildman–Crippen MR) is 97.8 cm³/mol. The molecule has 8 heteroatoms. The van der Waals surface area contributed by atoms with Gasteiger partial charge >= 0.3 is 0 Å². The van der Waals surface area contributed by atoms with Crippen molar-refractivity contribution < 1.29 is 9.47 Å². The van der Waals surface area contributed by atoms with Gasteiger partial charge in [0, 0.05) is 69.3 Å². The van der Waals surface area contributed by atoms with E-state index in [1.165, 1.54) is 0 Å². The zero-order valence-electron chi connectivity index (χ0n) is 15.0. The van der Waals surface area contributed by atoms with Gasteiger partial charge in [-0.3, -0.25) is 0 Å². The summed E-state index contributed by atoms with van der Waals surface area (Å²) in [5.41, 5.74) is 1.14. The van der Waals surface area contributed by atoms with E-state index in [-0.39, 0.29) is 0 Å². The van der Waals surface area contributed by atoms with E-state index in [1.54, 1.807) is 25.7 Å². The minimum absolute atomic E-state index is 0.483. The molecule has 2 saturated heterocycles. The van der Waals surface area contributed by atoms with Crippen LogP contribution in [0.2, 0.25) is 0 Å². The van der Waals surface area contributed by atoms with E-state index >= 15 is 0 Å². The van der Waals surface area contributed by atoms with Gasteiger partial charge in [-0.2, -0.15) is 4.98 Å². The smallest absolute Gasteiger partial charge is 0.228 e. The zero-order chi connectivity index (χ0) is 17.8. The molecule has 26 heavy (non-hydrogen) atoms. The van der Waals surface area contributed by atoms with Crippen LogP contribution in [-0.4, -0.2) is 66.4 Å². The van der Waals surface area contributed by atoms with E-state index in [1.807, 2.05) is 0 Å². The van der Waals surface area contributed by atoms with Crippen molar-refractivity contribution in [2.45, 2.75) is 18.8 Å². The van der Waals surface area contributed by atoms with Crippen LogP contribution in [0.3, 0.4) is 0 Å². The third-order valence-electron chi connectivity index (χ3n) is 5.03. The average Bonchev–Trinajstić information content (AvgIpc) is 2.75. The molecule has 4 rings (SSSR count). The van der Waals surface area contributed by atoms with Crippen LogP contribution in [0, 0.1) is 0 Å². The van der Waals surface area contributed by atoms with Crippen molar-refractivity contribution in [2.75, 3.05) is 56.3 Å². The molecule has 0 spiro atoms. The van der Waals surface area contributed by atoms with Gasteiger partial charge in [-0.1, -0.05) is 0 Å². The molecule has 0 aliphatic carbocycles. The molecule has 2 aromatic heterocycles. The predicted octanol–water partition coefficient (Wildman–Crippen LogP) is 1.50. The van der Waals surface area contributed by atoms with Gasteiger partial charge in [0.2, 0.25) is 11.8 Å². The first-order valence-corrected chi connectivity index (χ1v) is 9.10. The molecule has 0 N–H and O–H groups in total. The van der Waals surface area contributed by atoms with Crippen LogP contribution in [0.15, 0.2) is 24.7 Å². The number of hydrogen-bond acceptors (Lipinski definition) is 8. The fourth-order valence-electron chi connectivity index (χ4n) is 3.49. The number of nitrogens with zero attached hydrogens (tertiary/aromatic N) is 6. The second-order valence-corrected chi connectivity index (χ2v) is 6.56. The minimum Gasteiger partial charge on any atom is -0.481 e. The van der Waals surface area contributed by atoms with Crippen LogP contribution in [-0.2, 0) is 4.74 Å². The highest BCUT2D eigenvalue weighted by Gasteiger charge is 2.22. The summed E-state index contributed by atoms with van der Waals surface area (Å²) in [5.74, 6) is 2.80. The Kier molecular flexibility index (Phi) is 5.10. The Balaban J connectivity index is 1.41. The van der Waals surface area contributed by atoms with Gasteiger partial charge in [0.15, 0.2) is 0 Å². The highest BCUT2D eigenvalue weighted by Crippen LogP contribution is 2.27. The molecule has 2 aromatic rings. The van der Waals surface area contributed by atoms with Crippen LogP contribution in [0.1, 0.15) is 24.5 Å². The molecule has 0 unspecified atom stereocenters. The lowest BCUT2D eigenvalue weighted by Crippen LogP contribution is -2.47. The first-order valence-electron chi connectivity index (χ1n) is 9.10. The number of rotatable bonds is 4. The molecule has 0 radical (unpaired) electrons. The van der Waals surface area contributed by atoms with Crippen molar-refractivity contribution in [3.8, 4) is 5.88 Å². The SMILES string of the molecule is COc1ccnc(N2CCN(c3cc(C4CCOCC4)ncn3)CC2)n1. The molecular formula is C18H24N6O2. The number of hydrogen-bond donors (Lipinski definition) is 0. The number of ether oxygens (including phenoxy) is 2. The van der Waals surface area contributed by atoms with Gasteiger partial charge in [-0.05, 0) is 12.8 Å². The van der Waals surface area contributed by atoms with Gasteiger partial charge in [0.05, 0.1) is 7.11 Å². The third kappa shape index (κ3) is 3.70. The normalized spacial score (nSPS) is 18.8. The number of piperazine rings is 1. The van der Waals surface area contributed by atoms with Crippen molar-refractivity contribution in [3.63, 3.8) is 0 Å². The van der Waals surface area contributed by atoms with Crippen LogP contribution < -0.4 is 14.5 Å².